The summed E-state index contributed by atoms with van der Waals surface area (Å²) >= 11 is 2.95. The largest absolute Gasteiger partial charge is 0.573 e. The highest BCUT2D eigenvalue weighted by molar-refractivity contribution is 9.10. The minimum absolute atomic E-state index is 0.0221. The van der Waals surface area contributed by atoms with Gasteiger partial charge in [-0.3, -0.25) is 5.41 Å². The molecule has 0 atom stereocenters. The number of amidine groups is 1. The van der Waals surface area contributed by atoms with Gasteiger partial charge in [0.2, 0.25) is 0 Å². The Kier molecular flexibility index (Phi) is 4.83. The number of ether oxygens (including phenoxy) is 2. The molecule has 0 radical (unpaired) electrons. The van der Waals surface area contributed by atoms with Crippen LogP contribution in [0.5, 0.6) is 11.5 Å². The van der Waals surface area contributed by atoms with Crippen LogP contribution in [0.25, 0.3) is 0 Å². The minimum Gasteiger partial charge on any atom is -0.493 e. The first-order chi connectivity index (χ1) is 8.28. The average molecular weight is 327 g/mol. The second-order valence-electron chi connectivity index (χ2n) is 3.26. The van der Waals surface area contributed by atoms with Gasteiger partial charge in [0.25, 0.3) is 0 Å². The van der Waals surface area contributed by atoms with Crippen LogP contribution in [-0.2, 0) is 0 Å². The van der Waals surface area contributed by atoms with Gasteiger partial charge in [0.15, 0.2) is 0 Å². The Balaban J connectivity index is 2.64. The van der Waals surface area contributed by atoms with E-state index < -0.39 is 6.36 Å². The fraction of sp³-hybridized carbons (Fsp3) is 0.300. The molecule has 0 bridgehead atoms. The van der Waals surface area contributed by atoms with E-state index in [9.17, 15) is 13.2 Å². The predicted molar refractivity (Wildman–Crippen MR) is 62.9 cm³/mol. The molecule has 1 aromatic rings. The number of hydrogen-bond acceptors (Lipinski definition) is 3. The van der Waals surface area contributed by atoms with Crippen LogP contribution in [0.2, 0.25) is 0 Å². The molecule has 0 fully saturated rings. The van der Waals surface area contributed by atoms with E-state index in [1.807, 2.05) is 0 Å². The average Bonchev–Trinajstić information content (AvgIpc) is 2.19. The van der Waals surface area contributed by atoms with Crippen molar-refractivity contribution in [1.82, 2.24) is 0 Å². The van der Waals surface area contributed by atoms with Crippen molar-refractivity contribution < 1.29 is 22.6 Å². The number of benzene rings is 1. The number of hydrogen-bond donors (Lipinski definition) is 2. The summed E-state index contributed by atoms with van der Waals surface area (Å²) < 4.78 is 45.1. The Bertz CT molecular complexity index is 438. The van der Waals surface area contributed by atoms with Gasteiger partial charge in [-0.05, 0) is 34.1 Å². The Labute approximate surface area is 110 Å². The summed E-state index contributed by atoms with van der Waals surface area (Å²) in [5.74, 6) is -0.00911. The van der Waals surface area contributed by atoms with E-state index in [1.165, 1.54) is 12.1 Å². The van der Waals surface area contributed by atoms with Crippen molar-refractivity contribution in [3.8, 4) is 11.5 Å². The molecular formula is C10H10BrF3N2O2. The lowest BCUT2D eigenvalue weighted by Gasteiger charge is -2.12. The monoisotopic (exact) mass is 326 g/mol. The molecule has 0 saturated carbocycles. The maximum absolute atomic E-state index is 12.0. The maximum Gasteiger partial charge on any atom is 0.573 e. The SMILES string of the molecule is N=C(N)CCOc1ccc(OC(F)(F)F)c(Br)c1. The smallest absolute Gasteiger partial charge is 0.493 e. The number of nitrogens with one attached hydrogen (secondary N) is 1. The molecule has 0 aliphatic rings. The van der Waals surface area contributed by atoms with Gasteiger partial charge in [-0.15, -0.1) is 13.2 Å². The van der Waals surface area contributed by atoms with Crippen LogP contribution in [0.15, 0.2) is 22.7 Å². The third-order valence-electron chi connectivity index (χ3n) is 1.77. The molecule has 100 valence electrons. The molecule has 0 spiro atoms. The summed E-state index contributed by atoms with van der Waals surface area (Å²) in [4.78, 5) is 0. The van der Waals surface area contributed by atoms with Crippen LogP contribution >= 0.6 is 15.9 Å². The topological polar surface area (TPSA) is 68.3 Å². The first-order valence-electron chi connectivity index (χ1n) is 4.79. The zero-order chi connectivity index (χ0) is 13.8. The fourth-order valence-corrected chi connectivity index (χ4v) is 1.50. The maximum atomic E-state index is 12.0. The van der Waals surface area contributed by atoms with Crippen LogP contribution in [0, 0.1) is 5.41 Å². The highest BCUT2D eigenvalue weighted by Crippen LogP contribution is 2.33. The molecule has 0 heterocycles. The van der Waals surface area contributed by atoms with Gasteiger partial charge >= 0.3 is 6.36 Å². The van der Waals surface area contributed by atoms with Crippen molar-refractivity contribution in [1.29, 1.82) is 5.41 Å². The van der Waals surface area contributed by atoms with Crippen molar-refractivity contribution in [2.24, 2.45) is 5.73 Å². The third kappa shape index (κ3) is 5.26. The summed E-state index contributed by atoms with van der Waals surface area (Å²) in [7, 11) is 0. The van der Waals surface area contributed by atoms with Crippen LogP contribution in [0.1, 0.15) is 6.42 Å². The van der Waals surface area contributed by atoms with Crippen molar-refractivity contribution in [2.45, 2.75) is 12.8 Å². The van der Waals surface area contributed by atoms with Gasteiger partial charge in [-0.25, -0.2) is 0 Å². The first kappa shape index (κ1) is 14.6. The lowest BCUT2D eigenvalue weighted by atomic mass is 10.3. The molecule has 0 aromatic heterocycles. The molecule has 0 unspecified atom stereocenters. The van der Waals surface area contributed by atoms with Crippen molar-refractivity contribution >= 4 is 21.8 Å². The van der Waals surface area contributed by atoms with Crippen LogP contribution in [0.4, 0.5) is 13.2 Å². The molecule has 1 rings (SSSR count). The molecule has 0 saturated heterocycles. The predicted octanol–water partition coefficient (Wildman–Crippen LogP) is 3.05. The molecular weight excluding hydrogens is 317 g/mol. The lowest BCUT2D eigenvalue weighted by Crippen LogP contribution is -2.17. The van der Waals surface area contributed by atoms with E-state index in [2.05, 4.69) is 20.7 Å². The number of rotatable bonds is 5. The second-order valence-corrected chi connectivity index (χ2v) is 4.12. The van der Waals surface area contributed by atoms with Gasteiger partial charge < -0.3 is 15.2 Å². The third-order valence-corrected chi connectivity index (χ3v) is 2.39. The van der Waals surface area contributed by atoms with Gasteiger partial charge in [0.1, 0.15) is 11.5 Å². The van der Waals surface area contributed by atoms with E-state index in [-0.39, 0.29) is 29.1 Å². The van der Waals surface area contributed by atoms with Crippen molar-refractivity contribution in [2.75, 3.05) is 6.61 Å². The van der Waals surface area contributed by atoms with Crippen LogP contribution < -0.4 is 15.2 Å². The van der Waals surface area contributed by atoms with Crippen LogP contribution in [-0.4, -0.2) is 18.8 Å². The molecule has 4 nitrogen and oxygen atoms in total. The summed E-state index contributed by atoms with van der Waals surface area (Å²) in [6.45, 7) is 0.182. The molecule has 8 heteroatoms. The first-order valence-corrected chi connectivity index (χ1v) is 5.58. The number of halogens is 4. The van der Waals surface area contributed by atoms with Crippen molar-refractivity contribution in [3.05, 3.63) is 22.7 Å². The zero-order valence-electron chi connectivity index (χ0n) is 9.05. The Morgan fingerprint density at radius 1 is 1.39 bits per heavy atom. The lowest BCUT2D eigenvalue weighted by molar-refractivity contribution is -0.274. The highest BCUT2D eigenvalue weighted by atomic mass is 79.9. The second kappa shape index (κ2) is 5.94. The number of nitrogens with two attached hydrogens (primary N) is 1. The van der Waals surface area contributed by atoms with Gasteiger partial charge in [0, 0.05) is 6.42 Å². The van der Waals surface area contributed by atoms with E-state index in [4.69, 9.17) is 15.9 Å². The molecule has 3 N–H and O–H groups in total. The fourth-order valence-electron chi connectivity index (χ4n) is 1.06. The Hall–Kier alpha value is -1.44. The molecule has 1 aromatic carbocycles. The molecule has 0 aliphatic heterocycles. The summed E-state index contributed by atoms with van der Waals surface area (Å²) in [6.07, 6.45) is -4.49. The molecule has 18 heavy (non-hydrogen) atoms. The van der Waals surface area contributed by atoms with E-state index >= 15 is 0 Å². The van der Waals surface area contributed by atoms with E-state index in [0.717, 1.165) is 6.07 Å². The van der Waals surface area contributed by atoms with Crippen LogP contribution in [0.3, 0.4) is 0 Å². The Morgan fingerprint density at radius 3 is 2.56 bits per heavy atom. The van der Waals surface area contributed by atoms with E-state index in [0.29, 0.717) is 5.75 Å². The van der Waals surface area contributed by atoms with E-state index in [1.54, 1.807) is 0 Å². The minimum atomic E-state index is -4.74. The quantitative estimate of drug-likeness (QED) is 0.645. The van der Waals surface area contributed by atoms with Gasteiger partial charge in [-0.2, -0.15) is 0 Å². The highest BCUT2D eigenvalue weighted by Gasteiger charge is 2.31. The van der Waals surface area contributed by atoms with Crippen molar-refractivity contribution in [3.63, 3.8) is 0 Å². The summed E-state index contributed by atoms with van der Waals surface area (Å²) in [5, 5.41) is 6.98. The molecule has 0 amide bonds. The van der Waals surface area contributed by atoms with Gasteiger partial charge in [-0.1, -0.05) is 0 Å². The normalized spacial score (nSPS) is 11.1. The zero-order valence-corrected chi connectivity index (χ0v) is 10.6. The summed E-state index contributed by atoms with van der Waals surface area (Å²) in [5.41, 5.74) is 5.13. The Morgan fingerprint density at radius 2 is 2.06 bits per heavy atom. The number of alkyl halides is 3. The van der Waals surface area contributed by atoms with Gasteiger partial charge in [0.05, 0.1) is 16.9 Å². The standard InChI is InChI=1S/C10H10BrF3N2O2/c11-7-5-6(17-4-3-9(15)16)1-2-8(7)18-10(12,13)14/h1-2,5H,3-4H2,(H3,15,16). The summed E-state index contributed by atoms with van der Waals surface area (Å²) in [6, 6.07) is 3.83. The molecule has 0 aliphatic carbocycles.